The van der Waals surface area contributed by atoms with Crippen molar-refractivity contribution >= 4 is 23.6 Å². The lowest BCUT2D eigenvalue weighted by Crippen LogP contribution is -2.04. The first-order valence-electron chi connectivity index (χ1n) is 7.91. The van der Waals surface area contributed by atoms with Crippen LogP contribution in [0.1, 0.15) is 31.8 Å². The van der Waals surface area contributed by atoms with Crippen molar-refractivity contribution in [2.45, 2.75) is 13.8 Å². The van der Waals surface area contributed by atoms with Crippen LogP contribution in [0.15, 0.2) is 24.3 Å². The molecule has 29 heavy (non-hydrogen) atoms. The molecule has 0 spiro atoms. The van der Waals surface area contributed by atoms with Gasteiger partial charge in [-0.1, -0.05) is 0 Å². The number of ether oxygens (including phenoxy) is 2. The predicted molar refractivity (Wildman–Crippen MR) is 101 cm³/mol. The van der Waals surface area contributed by atoms with Gasteiger partial charge in [0.2, 0.25) is 0 Å². The zero-order chi connectivity index (χ0) is 22.3. The number of benzene rings is 2. The largest absolute Gasteiger partial charge is 0.496 e. The fraction of sp³-hybridized carbons (Fsp3) is 0.222. The van der Waals surface area contributed by atoms with Gasteiger partial charge < -0.3 is 14.6 Å². The first-order chi connectivity index (χ1) is 13.6. The van der Waals surface area contributed by atoms with E-state index in [9.17, 15) is 29.8 Å². The average Bonchev–Trinajstić information content (AvgIpc) is 2.67. The Labute approximate surface area is 164 Å². The average molecular weight is 406 g/mol. The highest BCUT2D eigenvalue weighted by Gasteiger charge is 2.22. The van der Waals surface area contributed by atoms with Gasteiger partial charge in [0.1, 0.15) is 17.1 Å². The van der Waals surface area contributed by atoms with Crippen LogP contribution in [0, 0.1) is 34.1 Å². The summed E-state index contributed by atoms with van der Waals surface area (Å²) in [5, 5.41) is 29.9. The summed E-state index contributed by atoms with van der Waals surface area (Å²) in [7, 11) is 2.82. The Morgan fingerprint density at radius 2 is 1.38 bits per heavy atom. The van der Waals surface area contributed by atoms with Crippen molar-refractivity contribution in [2.75, 3.05) is 14.2 Å². The maximum atomic E-state index is 10.7. The molecule has 0 bridgehead atoms. The minimum Gasteiger partial charge on any atom is -0.496 e. The monoisotopic (exact) mass is 406 g/mol. The SMILES string of the molecule is COc1cc(C(=O)O)c([N+](=O)[O-])cc1C.COc1cc(C=O)c([N+](=O)[O-])cc1C. The van der Waals surface area contributed by atoms with Crippen molar-refractivity contribution in [3.8, 4) is 11.5 Å². The molecule has 2 rings (SSSR count). The number of aldehydes is 1. The number of carbonyl (C=O) groups excluding carboxylic acids is 1. The summed E-state index contributed by atoms with van der Waals surface area (Å²) in [5.41, 5.74) is 0.179. The molecule has 11 heteroatoms. The molecule has 154 valence electrons. The minimum atomic E-state index is -1.35. The molecule has 1 N–H and O–H groups in total. The summed E-state index contributed by atoms with van der Waals surface area (Å²) in [6, 6.07) is 5.01. The third-order valence-corrected chi connectivity index (χ3v) is 3.81. The minimum absolute atomic E-state index is 0.0254. The molecule has 0 unspecified atom stereocenters. The van der Waals surface area contributed by atoms with Crippen molar-refractivity contribution < 1.29 is 34.0 Å². The van der Waals surface area contributed by atoms with E-state index in [0.29, 0.717) is 28.9 Å². The molecule has 0 aliphatic heterocycles. The molecule has 0 aromatic heterocycles. The summed E-state index contributed by atoms with van der Waals surface area (Å²) in [4.78, 5) is 41.1. The highest BCUT2D eigenvalue weighted by Crippen LogP contribution is 2.28. The number of methoxy groups -OCH3 is 2. The van der Waals surface area contributed by atoms with Crippen molar-refractivity contribution in [3.05, 3.63) is 66.7 Å². The number of nitro benzene ring substituents is 2. The van der Waals surface area contributed by atoms with Gasteiger partial charge in [-0.15, -0.1) is 0 Å². The second-order valence-electron chi connectivity index (χ2n) is 5.66. The normalized spacial score (nSPS) is 9.66. The third-order valence-electron chi connectivity index (χ3n) is 3.81. The maximum Gasteiger partial charge on any atom is 0.342 e. The lowest BCUT2D eigenvalue weighted by Gasteiger charge is -2.05. The van der Waals surface area contributed by atoms with E-state index in [4.69, 9.17) is 14.6 Å². The van der Waals surface area contributed by atoms with Crippen LogP contribution in [-0.4, -0.2) is 41.4 Å². The first kappa shape index (κ1) is 23.0. The summed E-state index contributed by atoms with van der Waals surface area (Å²) >= 11 is 0. The van der Waals surface area contributed by atoms with Crippen LogP contribution in [0.4, 0.5) is 11.4 Å². The van der Waals surface area contributed by atoms with E-state index in [2.05, 4.69) is 0 Å². The number of carboxylic acid groups (broad SMARTS) is 1. The van der Waals surface area contributed by atoms with E-state index in [-0.39, 0.29) is 16.8 Å². The van der Waals surface area contributed by atoms with Crippen LogP contribution in [0.3, 0.4) is 0 Å². The molecule has 0 saturated heterocycles. The number of nitrogens with zero attached hydrogens (tertiary/aromatic N) is 2. The molecule has 0 fully saturated rings. The second kappa shape index (κ2) is 9.78. The Hall–Kier alpha value is -4.02. The van der Waals surface area contributed by atoms with Crippen LogP contribution in [0.2, 0.25) is 0 Å². The van der Waals surface area contributed by atoms with Crippen molar-refractivity contribution in [1.82, 2.24) is 0 Å². The van der Waals surface area contributed by atoms with E-state index in [1.54, 1.807) is 13.8 Å². The standard InChI is InChI=1S/C9H9NO5.C9H9NO4/c1-5-3-7(10(13)14)6(9(11)12)4-8(5)15-2;1-6-3-8(10(12)13)7(5-11)4-9(6)14-2/h3-4H,1-2H3,(H,11,12);3-5H,1-2H3. The van der Waals surface area contributed by atoms with Gasteiger partial charge in [-0.05, 0) is 31.0 Å². The number of hydrogen-bond acceptors (Lipinski definition) is 8. The number of aryl methyl sites for hydroxylation is 2. The fourth-order valence-electron chi connectivity index (χ4n) is 2.38. The van der Waals surface area contributed by atoms with Gasteiger partial charge in [-0.2, -0.15) is 0 Å². The lowest BCUT2D eigenvalue weighted by atomic mass is 10.1. The number of nitro groups is 2. The molecular weight excluding hydrogens is 388 g/mol. The molecule has 0 saturated carbocycles. The van der Waals surface area contributed by atoms with Crippen LogP contribution in [0.25, 0.3) is 0 Å². The number of rotatable bonds is 6. The van der Waals surface area contributed by atoms with Gasteiger partial charge in [0.15, 0.2) is 6.29 Å². The van der Waals surface area contributed by atoms with E-state index < -0.39 is 21.5 Å². The highest BCUT2D eigenvalue weighted by molar-refractivity contribution is 5.93. The first-order valence-corrected chi connectivity index (χ1v) is 7.91. The Bertz CT molecular complexity index is 970. The molecule has 11 nitrogen and oxygen atoms in total. The number of carboxylic acids is 1. The van der Waals surface area contributed by atoms with E-state index in [0.717, 1.165) is 6.07 Å². The molecular formula is C18H18N2O9. The van der Waals surface area contributed by atoms with Crippen molar-refractivity contribution in [1.29, 1.82) is 0 Å². The van der Waals surface area contributed by atoms with Crippen molar-refractivity contribution in [3.63, 3.8) is 0 Å². The number of carbonyl (C=O) groups is 2. The zero-order valence-electron chi connectivity index (χ0n) is 16.0. The van der Waals surface area contributed by atoms with E-state index >= 15 is 0 Å². The van der Waals surface area contributed by atoms with Crippen LogP contribution < -0.4 is 9.47 Å². The second-order valence-corrected chi connectivity index (χ2v) is 5.66. The predicted octanol–water partition coefficient (Wildman–Crippen LogP) is 3.33. The number of hydrogen-bond donors (Lipinski definition) is 1. The lowest BCUT2D eigenvalue weighted by molar-refractivity contribution is -0.385. The Balaban J connectivity index is 0.000000291. The topological polar surface area (TPSA) is 159 Å². The van der Waals surface area contributed by atoms with E-state index in [1.165, 1.54) is 32.4 Å². The summed E-state index contributed by atoms with van der Waals surface area (Å²) in [5.74, 6) is -0.560. The molecule has 0 aliphatic carbocycles. The maximum absolute atomic E-state index is 10.7. The van der Waals surface area contributed by atoms with Gasteiger partial charge >= 0.3 is 5.97 Å². The van der Waals surface area contributed by atoms with Gasteiger partial charge in [-0.25, -0.2) is 4.79 Å². The molecule has 0 amide bonds. The van der Waals surface area contributed by atoms with Crippen LogP contribution in [0.5, 0.6) is 11.5 Å². The summed E-state index contributed by atoms with van der Waals surface area (Å²) in [6.45, 7) is 3.29. The van der Waals surface area contributed by atoms with Crippen LogP contribution in [-0.2, 0) is 0 Å². The molecule has 2 aromatic carbocycles. The molecule has 0 heterocycles. The Morgan fingerprint density at radius 1 is 0.931 bits per heavy atom. The Kier molecular flexibility index (Phi) is 7.76. The van der Waals surface area contributed by atoms with E-state index in [1.807, 2.05) is 0 Å². The van der Waals surface area contributed by atoms with Gasteiger partial charge in [0, 0.05) is 18.2 Å². The fourth-order valence-corrected chi connectivity index (χ4v) is 2.38. The molecule has 0 aliphatic rings. The smallest absolute Gasteiger partial charge is 0.342 e. The van der Waals surface area contributed by atoms with Crippen LogP contribution >= 0.6 is 0 Å². The quantitative estimate of drug-likeness (QED) is 0.431. The molecule has 2 aromatic rings. The number of aromatic carboxylic acids is 1. The summed E-state index contributed by atoms with van der Waals surface area (Å²) in [6.07, 6.45) is 0.445. The van der Waals surface area contributed by atoms with Gasteiger partial charge in [0.25, 0.3) is 11.4 Å². The molecule has 0 atom stereocenters. The Morgan fingerprint density at radius 3 is 1.76 bits per heavy atom. The van der Waals surface area contributed by atoms with Crippen molar-refractivity contribution in [2.24, 2.45) is 0 Å². The van der Waals surface area contributed by atoms with Gasteiger partial charge in [-0.3, -0.25) is 25.0 Å². The summed E-state index contributed by atoms with van der Waals surface area (Å²) < 4.78 is 9.83. The van der Waals surface area contributed by atoms with Gasteiger partial charge in [0.05, 0.1) is 29.6 Å². The third kappa shape index (κ3) is 5.48. The highest BCUT2D eigenvalue weighted by atomic mass is 16.6. The molecule has 0 radical (unpaired) electrons. The zero-order valence-corrected chi connectivity index (χ0v) is 16.0.